The number of nitrogens with one attached hydrogen (secondary N) is 2. The van der Waals surface area contributed by atoms with Gasteiger partial charge in [0.15, 0.2) is 0 Å². The van der Waals surface area contributed by atoms with Crippen LogP contribution in [0.25, 0.3) is 49.5 Å². The number of hydrogen-bond donors (Lipinski definition) is 5. The molecular formula is C35H36N6O3. The molecule has 1 aliphatic heterocycles. The monoisotopic (exact) mass is 588 g/mol. The molecular weight excluding hydrogens is 552 g/mol. The number of carbonyl (C=O) groups excluding carboxylic acids is 1. The number of carbonyl (C=O) groups is 2. The summed E-state index contributed by atoms with van der Waals surface area (Å²) in [6, 6.07) is 25.2. The summed E-state index contributed by atoms with van der Waals surface area (Å²) in [4.78, 5) is 26.3. The Balaban J connectivity index is 0.000000637. The Hall–Kier alpha value is -5.15. The van der Waals surface area contributed by atoms with Crippen molar-refractivity contribution < 1.29 is 14.7 Å². The van der Waals surface area contributed by atoms with Crippen molar-refractivity contribution in [3.63, 3.8) is 0 Å². The number of dihydropyridines is 1. The summed E-state index contributed by atoms with van der Waals surface area (Å²) < 4.78 is 2.27. The van der Waals surface area contributed by atoms with Crippen molar-refractivity contribution in [3.8, 4) is 11.1 Å². The molecule has 1 unspecified atom stereocenters. The van der Waals surface area contributed by atoms with E-state index in [1.807, 2.05) is 30.6 Å². The van der Waals surface area contributed by atoms with Gasteiger partial charge in [-0.1, -0.05) is 67.8 Å². The highest BCUT2D eigenvalue weighted by molar-refractivity contribution is 6.16. The van der Waals surface area contributed by atoms with E-state index >= 15 is 0 Å². The van der Waals surface area contributed by atoms with Gasteiger partial charge >= 0.3 is 5.97 Å². The van der Waals surface area contributed by atoms with Crippen LogP contribution in [-0.4, -0.2) is 45.2 Å². The molecule has 0 saturated heterocycles. The van der Waals surface area contributed by atoms with Gasteiger partial charge in [0.25, 0.3) is 0 Å². The third-order valence-electron chi connectivity index (χ3n) is 8.30. The number of aromatic nitrogens is 2. The Morgan fingerprint density at radius 1 is 0.977 bits per heavy atom. The molecule has 9 heteroatoms. The zero-order chi connectivity index (χ0) is 30.6. The summed E-state index contributed by atoms with van der Waals surface area (Å²) in [7, 11) is 0. The number of para-hydroxylation sites is 2. The third kappa shape index (κ3) is 5.74. The summed E-state index contributed by atoms with van der Waals surface area (Å²) in [6.07, 6.45) is 11.9. The molecule has 0 radical (unpaired) electrons. The van der Waals surface area contributed by atoms with Gasteiger partial charge in [-0.3, -0.25) is 14.6 Å². The zero-order valence-corrected chi connectivity index (χ0v) is 24.4. The number of fused-ring (bicyclic) bond motifs is 4. The zero-order valence-electron chi connectivity index (χ0n) is 24.4. The lowest BCUT2D eigenvalue weighted by Crippen LogP contribution is -2.48. The second-order valence-electron chi connectivity index (χ2n) is 11.2. The minimum atomic E-state index is -0.968. The number of amides is 1. The molecule has 0 bridgehead atoms. The summed E-state index contributed by atoms with van der Waals surface area (Å²) in [6.45, 7) is -0.278. The molecule has 7 N–H and O–H groups in total. The molecule has 0 spiro atoms. The van der Waals surface area contributed by atoms with Crippen molar-refractivity contribution in [2.45, 2.75) is 44.2 Å². The second-order valence-corrected chi connectivity index (χ2v) is 11.2. The fourth-order valence-corrected chi connectivity index (χ4v) is 6.27. The number of aliphatic carboxylic acids is 1. The molecule has 1 fully saturated rings. The number of nitrogens with two attached hydrogens (primary N) is 2. The maximum Gasteiger partial charge on any atom is 0.317 e. The van der Waals surface area contributed by atoms with Gasteiger partial charge in [-0.25, -0.2) is 0 Å². The van der Waals surface area contributed by atoms with Gasteiger partial charge in [0, 0.05) is 45.9 Å². The number of carboxylic acids is 1. The highest BCUT2D eigenvalue weighted by Gasteiger charge is 2.27. The van der Waals surface area contributed by atoms with E-state index in [-0.39, 0.29) is 12.5 Å². The van der Waals surface area contributed by atoms with E-state index in [1.54, 1.807) is 0 Å². The molecule has 3 heterocycles. The van der Waals surface area contributed by atoms with Crippen LogP contribution < -0.4 is 22.1 Å². The number of nitrogens with zero attached hydrogens (tertiary/aromatic N) is 2. The first-order valence-corrected chi connectivity index (χ1v) is 15.0. The van der Waals surface area contributed by atoms with E-state index in [0.29, 0.717) is 6.04 Å². The van der Waals surface area contributed by atoms with E-state index in [0.717, 1.165) is 57.3 Å². The summed E-state index contributed by atoms with van der Waals surface area (Å²) in [5.74, 6) is -1.35. The van der Waals surface area contributed by atoms with Crippen LogP contribution in [0.3, 0.4) is 0 Å². The molecule has 1 aliphatic carbocycles. The van der Waals surface area contributed by atoms with Crippen LogP contribution in [0.5, 0.6) is 0 Å². The van der Waals surface area contributed by atoms with Gasteiger partial charge in [-0.2, -0.15) is 0 Å². The Bertz CT molecular complexity index is 1920. The molecule has 1 amide bonds. The van der Waals surface area contributed by atoms with E-state index in [2.05, 4.69) is 81.6 Å². The number of allylic oxidation sites excluding steroid dienone is 2. The number of carboxylic acid groups (broad SMARTS) is 1. The normalized spacial score (nSPS) is 16.9. The number of primary amides is 1. The van der Waals surface area contributed by atoms with Crippen LogP contribution in [-0.2, 0) is 9.59 Å². The van der Waals surface area contributed by atoms with Crippen molar-refractivity contribution in [3.05, 3.63) is 97.0 Å². The predicted molar refractivity (Wildman–Crippen MR) is 175 cm³/mol. The van der Waals surface area contributed by atoms with Gasteiger partial charge in [0.1, 0.15) is 6.04 Å². The lowest BCUT2D eigenvalue weighted by atomic mass is 9.94. The predicted octanol–water partition coefficient (Wildman–Crippen LogP) is 5.10. The van der Waals surface area contributed by atoms with Gasteiger partial charge in [0.05, 0.1) is 28.8 Å². The Morgan fingerprint density at radius 3 is 2.48 bits per heavy atom. The van der Waals surface area contributed by atoms with Crippen LogP contribution in [0.4, 0.5) is 0 Å². The second kappa shape index (κ2) is 12.6. The fraction of sp³-hybridized carbons (Fsp3) is 0.229. The van der Waals surface area contributed by atoms with Crippen LogP contribution >= 0.6 is 0 Å². The topological polar surface area (TPSA) is 148 Å². The Labute approximate surface area is 255 Å². The smallest absolute Gasteiger partial charge is 0.317 e. The van der Waals surface area contributed by atoms with Gasteiger partial charge < -0.3 is 31.8 Å². The number of pyridine rings is 1. The third-order valence-corrected chi connectivity index (χ3v) is 8.30. The largest absolute Gasteiger partial charge is 0.480 e. The summed E-state index contributed by atoms with van der Waals surface area (Å²) >= 11 is 0. The summed E-state index contributed by atoms with van der Waals surface area (Å²) in [5.41, 5.74) is 17.6. The molecule has 2 aliphatic rings. The molecule has 44 heavy (non-hydrogen) atoms. The van der Waals surface area contributed by atoms with Crippen LogP contribution in [0, 0.1) is 0 Å². The van der Waals surface area contributed by atoms with Crippen molar-refractivity contribution in [1.82, 2.24) is 20.2 Å². The van der Waals surface area contributed by atoms with Crippen molar-refractivity contribution in [1.29, 1.82) is 0 Å². The molecule has 3 aromatic carbocycles. The maximum absolute atomic E-state index is 12.4. The Morgan fingerprint density at radius 2 is 1.70 bits per heavy atom. The molecule has 1 atom stereocenters. The van der Waals surface area contributed by atoms with E-state index in [4.69, 9.17) is 15.8 Å². The van der Waals surface area contributed by atoms with Crippen molar-refractivity contribution in [2.75, 3.05) is 6.54 Å². The standard InChI is InChI=1S/C33H31N5O.C2H5NO2/c34-33(39)32-28(37-23-10-2-1-3-11-23)18-24(20-36-32)38-29-15-7-5-12-26(29)31-25(13-8-16-30(31)38)22-17-21-9-4-6-14-27(21)35-19-22;3-1-2(4)5/h4-9,12-20,23,32,36-37H,1-3,10-11H2,(H2,34,39);1,3H2,(H,4,5). The first-order valence-electron chi connectivity index (χ1n) is 15.0. The molecule has 2 aromatic heterocycles. The molecule has 9 nitrogen and oxygen atoms in total. The van der Waals surface area contributed by atoms with Gasteiger partial charge in [-0.05, 0) is 48.7 Å². The van der Waals surface area contributed by atoms with Crippen LogP contribution in [0.2, 0.25) is 0 Å². The van der Waals surface area contributed by atoms with Crippen LogP contribution in [0.1, 0.15) is 32.1 Å². The van der Waals surface area contributed by atoms with Crippen molar-refractivity contribution >= 4 is 50.3 Å². The minimum absolute atomic E-state index is 0.278. The van der Waals surface area contributed by atoms with Crippen LogP contribution in [0.15, 0.2) is 97.0 Å². The number of rotatable bonds is 6. The minimum Gasteiger partial charge on any atom is -0.480 e. The lowest BCUT2D eigenvalue weighted by Gasteiger charge is -2.30. The maximum atomic E-state index is 12.4. The van der Waals surface area contributed by atoms with E-state index < -0.39 is 12.0 Å². The SMILES string of the molecule is NC(=O)C1NC=C(n2c3ccccc3c3c(-c4cnc5ccccc5c4)cccc32)C=C1NC1CCCCC1.NCC(=O)O. The quantitative estimate of drug-likeness (QED) is 0.185. The highest BCUT2D eigenvalue weighted by Crippen LogP contribution is 2.39. The van der Waals surface area contributed by atoms with Crippen molar-refractivity contribution in [2.24, 2.45) is 11.5 Å². The Kier molecular flexibility index (Phi) is 8.29. The molecule has 224 valence electrons. The molecule has 1 saturated carbocycles. The molecule has 7 rings (SSSR count). The fourth-order valence-electron chi connectivity index (χ4n) is 6.27. The average molecular weight is 589 g/mol. The van der Waals surface area contributed by atoms with E-state index in [9.17, 15) is 9.59 Å². The summed E-state index contributed by atoms with van der Waals surface area (Å²) in [5, 5.41) is 18.0. The average Bonchev–Trinajstić information content (AvgIpc) is 3.40. The van der Waals surface area contributed by atoms with Gasteiger partial charge in [0.2, 0.25) is 5.91 Å². The molecule has 5 aromatic rings. The lowest BCUT2D eigenvalue weighted by molar-refractivity contribution is -0.135. The van der Waals surface area contributed by atoms with Gasteiger partial charge in [-0.15, -0.1) is 0 Å². The van der Waals surface area contributed by atoms with E-state index in [1.165, 1.54) is 30.0 Å². The number of benzene rings is 3. The first kappa shape index (κ1) is 28.9. The number of hydrogen-bond acceptors (Lipinski definition) is 6. The first-order chi connectivity index (χ1) is 21.4. The highest BCUT2D eigenvalue weighted by atomic mass is 16.4.